The second-order valence-electron chi connectivity index (χ2n) is 5.78. The van der Waals surface area contributed by atoms with Crippen LogP contribution in [0, 0.1) is 13.8 Å². The number of nitrogens with one attached hydrogen (secondary N) is 1. The van der Waals surface area contributed by atoms with Gasteiger partial charge in [-0.1, -0.05) is 25.1 Å². The molecule has 1 atom stereocenters. The zero-order valence-corrected chi connectivity index (χ0v) is 14.3. The molecule has 2 aromatic rings. The third-order valence-electron chi connectivity index (χ3n) is 3.94. The van der Waals surface area contributed by atoms with E-state index in [9.17, 15) is 18.0 Å². The Morgan fingerprint density at radius 2 is 1.84 bits per heavy atom. The first-order valence-electron chi connectivity index (χ1n) is 7.93. The van der Waals surface area contributed by atoms with Gasteiger partial charge in [-0.05, 0) is 55.7 Å². The highest BCUT2D eigenvalue weighted by Crippen LogP contribution is 2.30. The van der Waals surface area contributed by atoms with Gasteiger partial charge in [0.25, 0.3) is 5.91 Å². The summed E-state index contributed by atoms with van der Waals surface area (Å²) in [4.78, 5) is 12.4. The molecule has 0 heterocycles. The summed E-state index contributed by atoms with van der Waals surface area (Å²) < 4.78 is 44.1. The number of aryl methyl sites for hydroxylation is 1. The van der Waals surface area contributed by atoms with Crippen LogP contribution in [0.5, 0.6) is 5.75 Å². The van der Waals surface area contributed by atoms with Crippen molar-refractivity contribution in [3.63, 3.8) is 0 Å². The van der Waals surface area contributed by atoms with E-state index < -0.39 is 23.8 Å². The van der Waals surface area contributed by atoms with Gasteiger partial charge in [0, 0.05) is 5.69 Å². The van der Waals surface area contributed by atoms with E-state index in [1.807, 2.05) is 26.0 Å². The number of halogens is 3. The Hall–Kier alpha value is -2.50. The molecule has 6 heteroatoms. The molecule has 0 saturated carbocycles. The Labute approximate surface area is 144 Å². The average Bonchev–Trinajstić information content (AvgIpc) is 2.55. The minimum absolute atomic E-state index is 0.0860. The highest BCUT2D eigenvalue weighted by atomic mass is 19.4. The maximum Gasteiger partial charge on any atom is 0.416 e. The lowest BCUT2D eigenvalue weighted by atomic mass is 10.1. The van der Waals surface area contributed by atoms with E-state index in [4.69, 9.17) is 4.74 Å². The molecule has 3 nitrogen and oxygen atoms in total. The summed E-state index contributed by atoms with van der Waals surface area (Å²) in [6, 6.07) is 10.1. The van der Waals surface area contributed by atoms with Crippen LogP contribution < -0.4 is 10.1 Å². The number of benzene rings is 2. The first-order valence-corrected chi connectivity index (χ1v) is 7.93. The summed E-state index contributed by atoms with van der Waals surface area (Å²) in [5.74, 6) is 0.105. The molecule has 0 fully saturated rings. The van der Waals surface area contributed by atoms with Crippen LogP contribution in [0.3, 0.4) is 0 Å². The Balaban J connectivity index is 2.14. The van der Waals surface area contributed by atoms with Crippen molar-refractivity contribution in [2.75, 3.05) is 5.32 Å². The fourth-order valence-corrected chi connectivity index (χ4v) is 2.32. The maximum atomic E-state index is 12.8. The van der Waals surface area contributed by atoms with Crippen molar-refractivity contribution >= 4 is 11.6 Å². The highest BCUT2D eigenvalue weighted by molar-refractivity contribution is 5.94. The summed E-state index contributed by atoms with van der Waals surface area (Å²) in [7, 11) is 0. The van der Waals surface area contributed by atoms with E-state index in [0.29, 0.717) is 12.2 Å². The fraction of sp³-hybridized carbons (Fsp3) is 0.316. The molecule has 0 aliphatic heterocycles. The van der Waals surface area contributed by atoms with Crippen molar-refractivity contribution in [2.24, 2.45) is 0 Å². The first kappa shape index (κ1) is 18.8. The Morgan fingerprint density at radius 3 is 2.48 bits per heavy atom. The quantitative estimate of drug-likeness (QED) is 0.812. The van der Waals surface area contributed by atoms with Gasteiger partial charge in [-0.15, -0.1) is 0 Å². The minimum atomic E-state index is -4.46. The lowest BCUT2D eigenvalue weighted by Gasteiger charge is -2.19. The van der Waals surface area contributed by atoms with Gasteiger partial charge in [0.1, 0.15) is 5.75 Å². The second-order valence-corrected chi connectivity index (χ2v) is 5.78. The van der Waals surface area contributed by atoms with Gasteiger partial charge < -0.3 is 10.1 Å². The normalized spacial score (nSPS) is 12.6. The molecule has 1 N–H and O–H groups in total. The summed E-state index contributed by atoms with van der Waals surface area (Å²) in [6.07, 6.45) is -4.87. The molecule has 0 aromatic heterocycles. The summed E-state index contributed by atoms with van der Waals surface area (Å²) in [5.41, 5.74) is 1.23. The second kappa shape index (κ2) is 7.59. The lowest BCUT2D eigenvalue weighted by Crippen LogP contribution is -2.32. The molecule has 0 saturated heterocycles. The number of amides is 1. The number of carbonyl (C=O) groups is 1. The van der Waals surface area contributed by atoms with Crippen molar-refractivity contribution in [1.29, 1.82) is 0 Å². The SMILES string of the molecule is CC[C@H](Oc1cccc(C)c1C)C(=O)Nc1cccc(C(F)(F)F)c1. The molecular weight excluding hydrogens is 331 g/mol. The molecule has 1 amide bonds. The van der Waals surface area contributed by atoms with E-state index in [2.05, 4.69) is 5.32 Å². The topological polar surface area (TPSA) is 38.3 Å². The van der Waals surface area contributed by atoms with Crippen molar-refractivity contribution in [3.05, 3.63) is 59.2 Å². The number of hydrogen-bond donors (Lipinski definition) is 1. The Bertz CT molecular complexity index is 757. The van der Waals surface area contributed by atoms with Gasteiger partial charge in [-0.3, -0.25) is 4.79 Å². The third-order valence-corrected chi connectivity index (χ3v) is 3.94. The molecule has 0 aliphatic carbocycles. The van der Waals surface area contributed by atoms with Gasteiger partial charge >= 0.3 is 6.18 Å². The number of carbonyl (C=O) groups excluding carboxylic acids is 1. The first-order chi connectivity index (χ1) is 11.7. The molecule has 0 bridgehead atoms. The molecule has 2 aromatic carbocycles. The van der Waals surface area contributed by atoms with E-state index in [1.54, 1.807) is 13.0 Å². The lowest BCUT2D eigenvalue weighted by molar-refractivity contribution is -0.137. The van der Waals surface area contributed by atoms with Crippen LogP contribution in [0.4, 0.5) is 18.9 Å². The Kier molecular flexibility index (Phi) is 5.72. The predicted octanol–water partition coefficient (Wildman–Crippen LogP) is 5.12. The number of alkyl halides is 3. The largest absolute Gasteiger partial charge is 0.480 e. The van der Waals surface area contributed by atoms with Crippen LogP contribution in [0.15, 0.2) is 42.5 Å². The molecule has 0 unspecified atom stereocenters. The summed E-state index contributed by atoms with van der Waals surface area (Å²) in [6.45, 7) is 5.61. The summed E-state index contributed by atoms with van der Waals surface area (Å²) >= 11 is 0. The van der Waals surface area contributed by atoms with Gasteiger partial charge in [-0.25, -0.2) is 0 Å². The molecule has 0 radical (unpaired) electrons. The van der Waals surface area contributed by atoms with Crippen LogP contribution in [0.25, 0.3) is 0 Å². The number of rotatable bonds is 5. The monoisotopic (exact) mass is 351 g/mol. The molecule has 0 spiro atoms. The van der Waals surface area contributed by atoms with E-state index in [1.165, 1.54) is 12.1 Å². The van der Waals surface area contributed by atoms with Crippen molar-refractivity contribution < 1.29 is 22.7 Å². The van der Waals surface area contributed by atoms with Crippen molar-refractivity contribution in [2.45, 2.75) is 39.5 Å². The zero-order chi connectivity index (χ0) is 18.6. The standard InChI is InChI=1S/C19H20F3NO2/c1-4-16(25-17-10-5-7-12(2)13(17)3)18(24)23-15-9-6-8-14(11-15)19(20,21)22/h5-11,16H,4H2,1-3H3,(H,23,24)/t16-/m0/s1. The van der Waals surface area contributed by atoms with Crippen molar-refractivity contribution in [3.8, 4) is 5.75 Å². The van der Waals surface area contributed by atoms with Crippen LogP contribution in [0.2, 0.25) is 0 Å². The number of ether oxygens (including phenoxy) is 1. The van der Waals surface area contributed by atoms with E-state index in [-0.39, 0.29) is 5.69 Å². The maximum absolute atomic E-state index is 12.8. The van der Waals surface area contributed by atoms with Crippen LogP contribution in [0.1, 0.15) is 30.0 Å². The molecule has 0 aliphatic rings. The number of anilines is 1. The van der Waals surface area contributed by atoms with Crippen LogP contribution >= 0.6 is 0 Å². The summed E-state index contributed by atoms with van der Waals surface area (Å²) in [5, 5.41) is 2.50. The zero-order valence-electron chi connectivity index (χ0n) is 14.3. The predicted molar refractivity (Wildman–Crippen MR) is 90.7 cm³/mol. The Morgan fingerprint density at radius 1 is 1.16 bits per heavy atom. The van der Waals surface area contributed by atoms with Gasteiger partial charge in [-0.2, -0.15) is 13.2 Å². The minimum Gasteiger partial charge on any atom is -0.480 e. The molecule has 2 rings (SSSR count). The fourth-order valence-electron chi connectivity index (χ4n) is 2.32. The molecular formula is C19H20F3NO2. The average molecular weight is 351 g/mol. The number of hydrogen-bond acceptors (Lipinski definition) is 2. The highest BCUT2D eigenvalue weighted by Gasteiger charge is 2.30. The van der Waals surface area contributed by atoms with E-state index >= 15 is 0 Å². The van der Waals surface area contributed by atoms with Gasteiger partial charge in [0.2, 0.25) is 0 Å². The van der Waals surface area contributed by atoms with Gasteiger partial charge in [0.05, 0.1) is 5.56 Å². The van der Waals surface area contributed by atoms with Crippen LogP contribution in [-0.2, 0) is 11.0 Å². The molecule has 134 valence electrons. The van der Waals surface area contributed by atoms with E-state index in [0.717, 1.165) is 23.3 Å². The molecule has 25 heavy (non-hydrogen) atoms. The smallest absolute Gasteiger partial charge is 0.416 e. The van der Waals surface area contributed by atoms with Crippen LogP contribution in [-0.4, -0.2) is 12.0 Å². The third kappa shape index (κ3) is 4.75. The van der Waals surface area contributed by atoms with Gasteiger partial charge in [0.15, 0.2) is 6.10 Å². The van der Waals surface area contributed by atoms with Crippen molar-refractivity contribution in [1.82, 2.24) is 0 Å².